The molecule has 5 nitrogen and oxygen atoms in total. The quantitative estimate of drug-likeness (QED) is 0.744. The molecule has 1 aromatic carbocycles. The maximum Gasteiger partial charge on any atom is 0.222 e. The van der Waals surface area contributed by atoms with Crippen molar-refractivity contribution in [2.75, 3.05) is 19.4 Å². The van der Waals surface area contributed by atoms with E-state index in [1.165, 1.54) is 5.56 Å². The predicted molar refractivity (Wildman–Crippen MR) is 95.6 cm³/mol. The van der Waals surface area contributed by atoms with E-state index in [2.05, 4.69) is 65.5 Å². The minimum absolute atomic E-state index is 0.361. The Morgan fingerprint density at radius 1 is 1.08 bits per heavy atom. The summed E-state index contributed by atoms with van der Waals surface area (Å²) in [4.78, 5) is 11.0. The summed E-state index contributed by atoms with van der Waals surface area (Å²) in [5.41, 5.74) is 3.41. The van der Waals surface area contributed by atoms with Crippen LogP contribution in [0.25, 0.3) is 11.1 Å². The zero-order valence-electron chi connectivity index (χ0n) is 14.2. The smallest absolute Gasteiger partial charge is 0.222 e. The van der Waals surface area contributed by atoms with Gasteiger partial charge in [-0.2, -0.15) is 0 Å². The summed E-state index contributed by atoms with van der Waals surface area (Å²) in [7, 11) is 4.17. The monoisotopic (exact) mass is 322 g/mol. The summed E-state index contributed by atoms with van der Waals surface area (Å²) >= 11 is 0. The molecule has 3 rings (SSSR count). The van der Waals surface area contributed by atoms with Gasteiger partial charge in [-0.05, 0) is 50.3 Å². The van der Waals surface area contributed by atoms with Gasteiger partial charge in [-0.15, -0.1) is 0 Å². The number of hydrogen-bond donors (Lipinski definition) is 1. The zero-order valence-corrected chi connectivity index (χ0v) is 14.2. The second-order valence-corrected chi connectivity index (χ2v) is 5.99. The molecule has 0 saturated heterocycles. The van der Waals surface area contributed by atoms with Crippen molar-refractivity contribution in [3.8, 4) is 11.1 Å². The highest BCUT2D eigenvalue weighted by molar-refractivity contribution is 5.63. The predicted octanol–water partition coefficient (Wildman–Crippen LogP) is 3.97. The van der Waals surface area contributed by atoms with Crippen LogP contribution in [0.2, 0.25) is 0 Å². The summed E-state index contributed by atoms with van der Waals surface area (Å²) in [5.74, 6) is 1.45. The van der Waals surface area contributed by atoms with Crippen molar-refractivity contribution in [3.63, 3.8) is 0 Å². The number of benzene rings is 1. The minimum atomic E-state index is 0.361. The molecular formula is C19H22N4O. The summed E-state index contributed by atoms with van der Waals surface area (Å²) in [6.45, 7) is 2.76. The van der Waals surface area contributed by atoms with Crippen LogP contribution in [0.15, 0.2) is 59.5 Å². The van der Waals surface area contributed by atoms with Gasteiger partial charge in [-0.3, -0.25) is 0 Å². The standard InChI is InChI=1S/C19H22N4O/c1-14(23(2)3)15-6-4-7-16(10-15)17-11-20-19(21-12-17)22-13-18-8-5-9-24-18/h4-12,14H,13H2,1-3H3,(H,20,21,22). The van der Waals surface area contributed by atoms with Crippen LogP contribution in [0.3, 0.4) is 0 Å². The molecular weight excluding hydrogens is 300 g/mol. The first-order valence-electron chi connectivity index (χ1n) is 7.98. The molecule has 1 unspecified atom stereocenters. The molecule has 0 aliphatic carbocycles. The van der Waals surface area contributed by atoms with Crippen molar-refractivity contribution in [1.29, 1.82) is 0 Å². The fourth-order valence-electron chi connectivity index (χ4n) is 2.42. The Labute approximate surface area is 142 Å². The lowest BCUT2D eigenvalue weighted by Crippen LogP contribution is -2.16. The highest BCUT2D eigenvalue weighted by Gasteiger charge is 2.09. The molecule has 0 aliphatic heterocycles. The van der Waals surface area contributed by atoms with Crippen molar-refractivity contribution < 1.29 is 4.42 Å². The van der Waals surface area contributed by atoms with Gasteiger partial charge in [0, 0.05) is 24.0 Å². The third kappa shape index (κ3) is 3.81. The van der Waals surface area contributed by atoms with E-state index in [1.807, 2.05) is 24.5 Å². The van der Waals surface area contributed by atoms with Crippen LogP contribution in [0.5, 0.6) is 0 Å². The van der Waals surface area contributed by atoms with Gasteiger partial charge in [-0.1, -0.05) is 18.2 Å². The first-order valence-corrected chi connectivity index (χ1v) is 7.98. The van der Waals surface area contributed by atoms with E-state index in [0.717, 1.165) is 16.9 Å². The topological polar surface area (TPSA) is 54.2 Å². The fraction of sp³-hybridized carbons (Fsp3) is 0.263. The van der Waals surface area contributed by atoms with Gasteiger partial charge in [-0.25, -0.2) is 9.97 Å². The third-order valence-electron chi connectivity index (χ3n) is 4.13. The fourth-order valence-corrected chi connectivity index (χ4v) is 2.42. The Morgan fingerprint density at radius 3 is 2.54 bits per heavy atom. The Hall–Kier alpha value is -2.66. The van der Waals surface area contributed by atoms with Gasteiger partial charge in [0.15, 0.2) is 0 Å². The third-order valence-corrected chi connectivity index (χ3v) is 4.13. The molecule has 0 saturated carbocycles. The Kier molecular flexibility index (Phi) is 4.91. The molecule has 3 aromatic rings. The number of rotatable bonds is 6. The molecule has 0 fully saturated rings. The first-order chi connectivity index (χ1) is 11.6. The number of nitrogens with one attached hydrogen (secondary N) is 1. The zero-order chi connectivity index (χ0) is 16.9. The first kappa shape index (κ1) is 16.2. The largest absolute Gasteiger partial charge is 0.467 e. The number of aromatic nitrogens is 2. The average molecular weight is 322 g/mol. The van der Waals surface area contributed by atoms with Gasteiger partial charge in [0.1, 0.15) is 5.76 Å². The molecule has 0 amide bonds. The summed E-state index contributed by atoms with van der Waals surface area (Å²) in [6.07, 6.45) is 5.34. The molecule has 0 aliphatic rings. The second-order valence-electron chi connectivity index (χ2n) is 5.99. The van der Waals surface area contributed by atoms with Crippen molar-refractivity contribution in [1.82, 2.24) is 14.9 Å². The molecule has 1 N–H and O–H groups in total. The number of hydrogen-bond acceptors (Lipinski definition) is 5. The Bertz CT molecular complexity index is 766. The number of anilines is 1. The lowest BCUT2D eigenvalue weighted by molar-refractivity contribution is 0.321. The van der Waals surface area contributed by atoms with E-state index in [-0.39, 0.29) is 0 Å². The van der Waals surface area contributed by atoms with Crippen LogP contribution in [-0.4, -0.2) is 29.0 Å². The van der Waals surface area contributed by atoms with E-state index in [1.54, 1.807) is 6.26 Å². The molecule has 0 bridgehead atoms. The van der Waals surface area contributed by atoms with Crippen LogP contribution in [0.1, 0.15) is 24.3 Å². The maximum absolute atomic E-state index is 5.28. The normalized spacial score (nSPS) is 12.3. The van der Waals surface area contributed by atoms with E-state index in [0.29, 0.717) is 18.5 Å². The molecule has 5 heteroatoms. The molecule has 0 radical (unpaired) electrons. The Morgan fingerprint density at radius 2 is 1.88 bits per heavy atom. The molecule has 1 atom stereocenters. The van der Waals surface area contributed by atoms with Crippen molar-refractivity contribution >= 4 is 5.95 Å². The van der Waals surface area contributed by atoms with Gasteiger partial charge < -0.3 is 14.6 Å². The van der Waals surface area contributed by atoms with Gasteiger partial charge in [0.25, 0.3) is 0 Å². The minimum Gasteiger partial charge on any atom is -0.467 e. The maximum atomic E-state index is 5.28. The van der Waals surface area contributed by atoms with Crippen LogP contribution in [0.4, 0.5) is 5.95 Å². The highest BCUT2D eigenvalue weighted by atomic mass is 16.3. The lowest BCUT2D eigenvalue weighted by Gasteiger charge is -2.20. The lowest BCUT2D eigenvalue weighted by atomic mass is 10.0. The van der Waals surface area contributed by atoms with Crippen molar-refractivity contribution in [2.45, 2.75) is 19.5 Å². The van der Waals surface area contributed by atoms with E-state index in [4.69, 9.17) is 4.42 Å². The van der Waals surface area contributed by atoms with E-state index >= 15 is 0 Å². The van der Waals surface area contributed by atoms with Crippen molar-refractivity contribution in [3.05, 3.63) is 66.4 Å². The summed E-state index contributed by atoms with van der Waals surface area (Å²) in [6, 6.07) is 12.6. The number of nitrogens with zero attached hydrogens (tertiary/aromatic N) is 3. The molecule has 2 heterocycles. The molecule has 124 valence electrons. The molecule has 24 heavy (non-hydrogen) atoms. The summed E-state index contributed by atoms with van der Waals surface area (Å²) < 4.78 is 5.28. The SMILES string of the molecule is CC(c1cccc(-c2cnc(NCc3ccco3)nc2)c1)N(C)C. The van der Waals surface area contributed by atoms with Gasteiger partial charge in [0.2, 0.25) is 5.95 Å². The van der Waals surface area contributed by atoms with Gasteiger partial charge >= 0.3 is 0 Å². The highest BCUT2D eigenvalue weighted by Crippen LogP contribution is 2.24. The van der Waals surface area contributed by atoms with E-state index < -0.39 is 0 Å². The van der Waals surface area contributed by atoms with Crippen LogP contribution >= 0.6 is 0 Å². The molecule has 0 spiro atoms. The van der Waals surface area contributed by atoms with Crippen LogP contribution < -0.4 is 5.32 Å². The number of furan rings is 1. The average Bonchev–Trinajstić information content (AvgIpc) is 3.13. The molecule has 2 aromatic heterocycles. The van der Waals surface area contributed by atoms with Crippen molar-refractivity contribution in [2.24, 2.45) is 0 Å². The summed E-state index contributed by atoms with van der Waals surface area (Å²) in [5, 5.41) is 3.15. The van der Waals surface area contributed by atoms with Crippen LogP contribution in [0, 0.1) is 0 Å². The van der Waals surface area contributed by atoms with Gasteiger partial charge in [0.05, 0.1) is 12.8 Å². The van der Waals surface area contributed by atoms with E-state index in [9.17, 15) is 0 Å². The Balaban J connectivity index is 1.72. The second kappa shape index (κ2) is 7.27. The van der Waals surface area contributed by atoms with Crippen LogP contribution in [-0.2, 0) is 6.54 Å².